The third-order valence-electron chi connectivity index (χ3n) is 4.44. The molecule has 0 radical (unpaired) electrons. The smallest absolute Gasteiger partial charge is 0.410 e. The highest BCUT2D eigenvalue weighted by Crippen LogP contribution is 2.55. The first-order chi connectivity index (χ1) is 10.3. The van der Waals surface area contributed by atoms with E-state index < -0.39 is 11.7 Å². The normalized spacial score (nSPS) is 21.9. The van der Waals surface area contributed by atoms with Gasteiger partial charge >= 0.3 is 6.09 Å². The maximum Gasteiger partial charge on any atom is 0.410 e. The molecule has 1 spiro atoms. The Balaban J connectivity index is 1.48. The summed E-state index contributed by atoms with van der Waals surface area (Å²) in [5, 5.41) is 18.1. The lowest BCUT2D eigenvalue weighted by Crippen LogP contribution is -2.64. The van der Waals surface area contributed by atoms with Crippen LogP contribution in [0.3, 0.4) is 0 Å². The molecule has 6 nitrogen and oxygen atoms in total. The van der Waals surface area contributed by atoms with E-state index >= 15 is 0 Å². The molecule has 120 valence electrons. The molecule has 1 saturated heterocycles. The van der Waals surface area contributed by atoms with E-state index in [-0.39, 0.29) is 17.4 Å². The number of nitrogens with zero attached hydrogens (tertiary/aromatic N) is 3. The van der Waals surface area contributed by atoms with E-state index in [9.17, 15) is 9.90 Å². The molecule has 1 aromatic rings. The van der Waals surface area contributed by atoms with Crippen LogP contribution in [0.4, 0.5) is 4.79 Å². The highest BCUT2D eigenvalue weighted by molar-refractivity contribution is 5.69. The van der Waals surface area contributed by atoms with Gasteiger partial charge in [0.2, 0.25) is 0 Å². The molecule has 2 fully saturated rings. The van der Waals surface area contributed by atoms with Crippen LogP contribution in [0.15, 0.2) is 18.3 Å². The van der Waals surface area contributed by atoms with Crippen molar-refractivity contribution in [3.05, 3.63) is 24.0 Å². The molecule has 2 aliphatic rings. The van der Waals surface area contributed by atoms with Crippen molar-refractivity contribution in [2.45, 2.75) is 45.3 Å². The molecule has 22 heavy (non-hydrogen) atoms. The largest absolute Gasteiger partial charge is 0.444 e. The van der Waals surface area contributed by atoms with Crippen LogP contribution in [-0.2, 0) is 4.74 Å². The third kappa shape index (κ3) is 2.92. The Morgan fingerprint density at radius 2 is 2.14 bits per heavy atom. The number of aliphatic hydroxyl groups is 1. The molecule has 1 amide bonds. The Morgan fingerprint density at radius 3 is 2.68 bits per heavy atom. The highest BCUT2D eigenvalue weighted by Gasteiger charge is 2.56. The predicted molar refractivity (Wildman–Crippen MR) is 80.0 cm³/mol. The zero-order valence-electron chi connectivity index (χ0n) is 13.3. The summed E-state index contributed by atoms with van der Waals surface area (Å²) in [5.41, 5.74) is 0.347. The number of carbonyl (C=O) groups excluding carboxylic acids is 1. The second-order valence-corrected chi connectivity index (χ2v) is 7.60. The minimum absolute atomic E-state index is 0.171. The number of amides is 1. The number of hydrogen-bond acceptors (Lipinski definition) is 5. The topological polar surface area (TPSA) is 75.5 Å². The number of carbonyl (C=O) groups is 1. The maximum atomic E-state index is 11.9. The number of ether oxygens (including phenoxy) is 1. The highest BCUT2D eigenvalue weighted by atomic mass is 16.6. The molecule has 3 rings (SSSR count). The van der Waals surface area contributed by atoms with Crippen LogP contribution in [0.25, 0.3) is 0 Å². The fraction of sp³-hybridized carbons (Fsp3) is 0.688. The molecule has 1 saturated carbocycles. The van der Waals surface area contributed by atoms with Gasteiger partial charge in [-0.1, -0.05) is 0 Å². The van der Waals surface area contributed by atoms with Gasteiger partial charge in [0.25, 0.3) is 0 Å². The first-order valence-corrected chi connectivity index (χ1v) is 7.72. The molecular weight excluding hydrogens is 282 g/mol. The van der Waals surface area contributed by atoms with Gasteiger partial charge in [-0.2, -0.15) is 10.2 Å². The van der Waals surface area contributed by atoms with E-state index in [1.54, 1.807) is 23.2 Å². The number of aliphatic hydroxyl groups excluding tert-OH is 1. The van der Waals surface area contributed by atoms with E-state index in [2.05, 4.69) is 10.2 Å². The summed E-state index contributed by atoms with van der Waals surface area (Å²) in [6.45, 7) is 7.07. The van der Waals surface area contributed by atoms with E-state index in [0.717, 1.165) is 25.9 Å². The van der Waals surface area contributed by atoms with E-state index in [1.807, 2.05) is 20.8 Å². The second-order valence-electron chi connectivity index (χ2n) is 7.60. The lowest BCUT2D eigenvalue weighted by molar-refractivity contribution is -0.124. The predicted octanol–water partition coefficient (Wildman–Crippen LogP) is 2.16. The van der Waals surface area contributed by atoms with Crippen molar-refractivity contribution in [2.75, 3.05) is 13.1 Å². The molecule has 1 aliphatic heterocycles. The van der Waals surface area contributed by atoms with Crippen molar-refractivity contribution in [2.24, 2.45) is 11.3 Å². The first-order valence-electron chi connectivity index (χ1n) is 7.72. The zero-order chi connectivity index (χ0) is 16.0. The fourth-order valence-electron chi connectivity index (χ4n) is 3.47. The van der Waals surface area contributed by atoms with Crippen LogP contribution < -0.4 is 0 Å². The molecule has 1 N–H and O–H groups in total. The summed E-state index contributed by atoms with van der Waals surface area (Å²) in [6.07, 6.45) is 2.64. The average molecular weight is 305 g/mol. The average Bonchev–Trinajstić information content (AvgIpc) is 2.34. The van der Waals surface area contributed by atoms with Crippen molar-refractivity contribution in [1.29, 1.82) is 0 Å². The van der Waals surface area contributed by atoms with Crippen molar-refractivity contribution >= 4 is 6.09 Å². The number of hydrogen-bond donors (Lipinski definition) is 1. The van der Waals surface area contributed by atoms with Gasteiger partial charge in [-0.25, -0.2) is 4.79 Å². The van der Waals surface area contributed by atoms with E-state index in [4.69, 9.17) is 4.74 Å². The fourth-order valence-corrected chi connectivity index (χ4v) is 3.47. The third-order valence-corrected chi connectivity index (χ3v) is 4.44. The summed E-state index contributed by atoms with van der Waals surface area (Å²) in [5.74, 6) is 0.206. The number of likely N-dealkylation sites (tertiary alicyclic amines) is 1. The molecule has 0 bridgehead atoms. The van der Waals surface area contributed by atoms with Gasteiger partial charge in [0, 0.05) is 24.7 Å². The standard InChI is InChI=1S/C16H23N3O3/c1-15(2,3)22-14(21)19-9-16(10-19)7-11(8-16)13(20)12-5-4-6-17-18-12/h4-6,11,13,20H,7-10H2,1-3H3. The van der Waals surface area contributed by atoms with Gasteiger partial charge in [-0.05, 0) is 51.7 Å². The Morgan fingerprint density at radius 1 is 1.45 bits per heavy atom. The molecular formula is C16H23N3O3. The molecule has 2 heterocycles. The first kappa shape index (κ1) is 15.2. The summed E-state index contributed by atoms with van der Waals surface area (Å²) in [6, 6.07) is 3.59. The van der Waals surface area contributed by atoms with E-state index in [0.29, 0.717) is 5.69 Å². The monoisotopic (exact) mass is 305 g/mol. The number of rotatable bonds is 2. The molecule has 6 heteroatoms. The van der Waals surface area contributed by atoms with Gasteiger partial charge in [0.15, 0.2) is 0 Å². The maximum absolute atomic E-state index is 11.9. The summed E-state index contributed by atoms with van der Waals surface area (Å²) >= 11 is 0. The van der Waals surface area contributed by atoms with Crippen LogP contribution in [0.1, 0.15) is 45.4 Å². The number of aromatic nitrogens is 2. The molecule has 1 atom stereocenters. The van der Waals surface area contributed by atoms with Crippen molar-refractivity contribution in [3.8, 4) is 0 Å². The van der Waals surface area contributed by atoms with Crippen molar-refractivity contribution in [3.63, 3.8) is 0 Å². The van der Waals surface area contributed by atoms with Gasteiger partial charge in [-0.3, -0.25) is 0 Å². The lowest BCUT2D eigenvalue weighted by atomic mass is 9.56. The Labute approximate surface area is 130 Å². The Kier molecular flexibility index (Phi) is 3.59. The van der Waals surface area contributed by atoms with Crippen LogP contribution >= 0.6 is 0 Å². The van der Waals surface area contributed by atoms with Gasteiger partial charge in [0.1, 0.15) is 11.7 Å². The SMILES string of the molecule is CC(C)(C)OC(=O)N1CC2(CC(C(O)c3cccnn3)C2)C1. The zero-order valence-corrected chi connectivity index (χ0v) is 13.3. The summed E-state index contributed by atoms with van der Waals surface area (Å²) < 4.78 is 5.37. The second kappa shape index (κ2) is 5.19. The van der Waals surface area contributed by atoms with Gasteiger partial charge in [0.05, 0.1) is 5.69 Å². The molecule has 0 aromatic carbocycles. The van der Waals surface area contributed by atoms with Gasteiger partial charge in [-0.15, -0.1) is 0 Å². The molecule has 1 aliphatic carbocycles. The Hall–Kier alpha value is -1.69. The quantitative estimate of drug-likeness (QED) is 0.906. The lowest BCUT2D eigenvalue weighted by Gasteiger charge is -2.59. The van der Waals surface area contributed by atoms with Crippen LogP contribution in [0, 0.1) is 11.3 Å². The molecule has 1 unspecified atom stereocenters. The minimum Gasteiger partial charge on any atom is -0.444 e. The van der Waals surface area contributed by atoms with Crippen molar-refractivity contribution in [1.82, 2.24) is 15.1 Å². The molecule has 1 aromatic heterocycles. The van der Waals surface area contributed by atoms with Crippen LogP contribution in [0.2, 0.25) is 0 Å². The summed E-state index contributed by atoms with van der Waals surface area (Å²) in [7, 11) is 0. The summed E-state index contributed by atoms with van der Waals surface area (Å²) in [4.78, 5) is 13.7. The van der Waals surface area contributed by atoms with Gasteiger partial charge < -0.3 is 14.7 Å². The van der Waals surface area contributed by atoms with Crippen LogP contribution in [-0.4, -0.2) is 45.0 Å². The van der Waals surface area contributed by atoms with Crippen LogP contribution in [0.5, 0.6) is 0 Å². The van der Waals surface area contributed by atoms with Crippen molar-refractivity contribution < 1.29 is 14.6 Å². The minimum atomic E-state index is -0.560. The van der Waals surface area contributed by atoms with E-state index in [1.165, 1.54) is 0 Å². The Bertz CT molecular complexity index is 542.